The molecular formula is C14H23N5O2. The normalized spacial score (nSPS) is 12.8. The molecule has 21 heavy (non-hydrogen) atoms. The molecule has 2 aromatic heterocycles. The van der Waals surface area contributed by atoms with Crippen molar-refractivity contribution in [3.05, 3.63) is 20.8 Å². The number of rotatable bonds is 6. The third-order valence-corrected chi connectivity index (χ3v) is 3.73. The lowest BCUT2D eigenvalue weighted by molar-refractivity contribution is 0.638. The highest BCUT2D eigenvalue weighted by Crippen LogP contribution is 2.17. The van der Waals surface area contributed by atoms with Crippen molar-refractivity contribution in [1.82, 2.24) is 19.1 Å². The highest BCUT2D eigenvalue weighted by Gasteiger charge is 2.17. The Kier molecular flexibility index (Phi) is 4.50. The number of hydrogen-bond donors (Lipinski definition) is 2. The molecule has 0 aliphatic carbocycles. The quantitative estimate of drug-likeness (QED) is 0.844. The third-order valence-electron chi connectivity index (χ3n) is 3.73. The number of fused-ring (bicyclic) bond motifs is 1. The number of aromatic nitrogens is 4. The van der Waals surface area contributed by atoms with Crippen LogP contribution in [0.5, 0.6) is 0 Å². The van der Waals surface area contributed by atoms with Gasteiger partial charge in [-0.05, 0) is 19.8 Å². The number of imidazole rings is 1. The minimum Gasteiger partial charge on any atom is -0.353 e. The van der Waals surface area contributed by atoms with Crippen molar-refractivity contribution in [3.63, 3.8) is 0 Å². The van der Waals surface area contributed by atoms with E-state index in [-0.39, 0.29) is 11.6 Å². The van der Waals surface area contributed by atoms with Crippen LogP contribution in [0.25, 0.3) is 11.2 Å². The van der Waals surface area contributed by atoms with E-state index in [1.165, 1.54) is 4.57 Å². The van der Waals surface area contributed by atoms with Crippen LogP contribution in [0, 0.1) is 0 Å². The molecule has 0 unspecified atom stereocenters. The fraction of sp³-hybridized carbons (Fsp3) is 0.643. The van der Waals surface area contributed by atoms with E-state index in [4.69, 9.17) is 0 Å². The SMILES string of the molecule is CCCCn1c(N[C@H](C)CC)nc2c1c(=O)[nH]c(=O)n2C. The van der Waals surface area contributed by atoms with Crippen molar-refractivity contribution in [2.75, 3.05) is 5.32 Å². The van der Waals surface area contributed by atoms with E-state index in [0.29, 0.717) is 23.7 Å². The van der Waals surface area contributed by atoms with Crippen LogP contribution in [0.15, 0.2) is 9.59 Å². The van der Waals surface area contributed by atoms with Gasteiger partial charge in [-0.15, -0.1) is 0 Å². The average Bonchev–Trinajstić information content (AvgIpc) is 2.81. The standard InChI is InChI=1S/C14H23N5O2/c1-5-7-8-19-10-11(16-13(19)15-9(3)6-2)18(4)14(21)17-12(10)20/h9H,5-8H2,1-4H3,(H,15,16)(H,17,20,21)/t9-/m1/s1. The molecule has 0 aliphatic rings. The van der Waals surface area contributed by atoms with Crippen molar-refractivity contribution in [2.24, 2.45) is 7.05 Å². The molecular weight excluding hydrogens is 270 g/mol. The molecule has 0 aromatic carbocycles. The Morgan fingerprint density at radius 3 is 2.67 bits per heavy atom. The van der Waals surface area contributed by atoms with Crippen molar-refractivity contribution < 1.29 is 0 Å². The molecule has 2 rings (SSSR count). The summed E-state index contributed by atoms with van der Waals surface area (Å²) in [5, 5.41) is 3.32. The molecule has 0 aliphatic heterocycles. The molecule has 1 atom stereocenters. The van der Waals surface area contributed by atoms with Gasteiger partial charge in [0.15, 0.2) is 11.2 Å². The summed E-state index contributed by atoms with van der Waals surface area (Å²) in [7, 11) is 1.62. The lowest BCUT2D eigenvalue weighted by Gasteiger charge is -2.14. The van der Waals surface area contributed by atoms with Crippen molar-refractivity contribution >= 4 is 17.1 Å². The molecule has 0 fully saturated rings. The summed E-state index contributed by atoms with van der Waals surface area (Å²) in [5.41, 5.74) is 0.0543. The zero-order valence-corrected chi connectivity index (χ0v) is 13.1. The second-order valence-electron chi connectivity index (χ2n) is 5.38. The van der Waals surface area contributed by atoms with Crippen LogP contribution in [0.3, 0.4) is 0 Å². The van der Waals surface area contributed by atoms with Gasteiger partial charge in [0.2, 0.25) is 5.95 Å². The third kappa shape index (κ3) is 2.86. The summed E-state index contributed by atoms with van der Waals surface area (Å²) in [6.07, 6.45) is 2.92. The Morgan fingerprint density at radius 1 is 1.33 bits per heavy atom. The number of nitrogens with zero attached hydrogens (tertiary/aromatic N) is 3. The number of anilines is 1. The summed E-state index contributed by atoms with van der Waals surface area (Å²) in [5.74, 6) is 0.652. The van der Waals surface area contributed by atoms with E-state index in [9.17, 15) is 9.59 Å². The first-order valence-corrected chi connectivity index (χ1v) is 7.45. The van der Waals surface area contributed by atoms with Gasteiger partial charge in [0, 0.05) is 19.6 Å². The summed E-state index contributed by atoms with van der Waals surface area (Å²) < 4.78 is 3.25. The second-order valence-corrected chi connectivity index (χ2v) is 5.38. The molecule has 0 spiro atoms. The topological polar surface area (TPSA) is 84.7 Å². The van der Waals surface area contributed by atoms with Gasteiger partial charge in [-0.25, -0.2) is 4.79 Å². The number of hydrogen-bond acceptors (Lipinski definition) is 4. The van der Waals surface area contributed by atoms with E-state index in [1.807, 2.05) is 4.57 Å². The Labute approximate surface area is 123 Å². The second kappa shape index (κ2) is 6.15. The molecule has 0 saturated heterocycles. The first-order valence-electron chi connectivity index (χ1n) is 7.45. The van der Waals surface area contributed by atoms with Crippen molar-refractivity contribution in [1.29, 1.82) is 0 Å². The Hall–Kier alpha value is -2.05. The lowest BCUT2D eigenvalue weighted by atomic mass is 10.3. The number of aromatic amines is 1. The zero-order valence-electron chi connectivity index (χ0n) is 13.1. The Bertz CT molecular complexity index is 740. The monoisotopic (exact) mass is 293 g/mol. The molecule has 2 heterocycles. The van der Waals surface area contributed by atoms with Crippen LogP contribution < -0.4 is 16.6 Å². The lowest BCUT2D eigenvalue weighted by Crippen LogP contribution is -2.29. The van der Waals surface area contributed by atoms with Gasteiger partial charge in [0.1, 0.15) is 0 Å². The molecule has 116 valence electrons. The van der Waals surface area contributed by atoms with Crippen LogP contribution in [0.1, 0.15) is 40.0 Å². The molecule has 2 N–H and O–H groups in total. The van der Waals surface area contributed by atoms with Crippen LogP contribution in [0.2, 0.25) is 0 Å². The van der Waals surface area contributed by atoms with E-state index >= 15 is 0 Å². The minimum atomic E-state index is -0.442. The summed E-state index contributed by atoms with van der Waals surface area (Å²) in [4.78, 5) is 30.7. The number of nitrogens with one attached hydrogen (secondary N) is 2. The first kappa shape index (κ1) is 15.3. The largest absolute Gasteiger partial charge is 0.353 e. The molecule has 0 radical (unpaired) electrons. The van der Waals surface area contributed by atoms with Crippen LogP contribution in [-0.2, 0) is 13.6 Å². The Morgan fingerprint density at radius 2 is 2.05 bits per heavy atom. The maximum atomic E-state index is 12.1. The molecule has 7 nitrogen and oxygen atoms in total. The number of unbranched alkanes of at least 4 members (excludes halogenated alkanes) is 1. The fourth-order valence-corrected chi connectivity index (χ4v) is 2.20. The maximum absolute atomic E-state index is 12.1. The number of H-pyrrole nitrogens is 1. The Balaban J connectivity index is 2.66. The fourth-order valence-electron chi connectivity index (χ4n) is 2.20. The van der Waals surface area contributed by atoms with Gasteiger partial charge >= 0.3 is 5.69 Å². The van der Waals surface area contributed by atoms with Crippen LogP contribution in [0.4, 0.5) is 5.95 Å². The minimum absolute atomic E-state index is 0.248. The van der Waals surface area contributed by atoms with E-state index in [2.05, 4.69) is 36.1 Å². The van der Waals surface area contributed by atoms with Gasteiger partial charge in [-0.1, -0.05) is 20.3 Å². The van der Waals surface area contributed by atoms with Crippen LogP contribution in [-0.4, -0.2) is 25.1 Å². The molecule has 2 aromatic rings. The van der Waals surface area contributed by atoms with E-state index < -0.39 is 5.69 Å². The van der Waals surface area contributed by atoms with Crippen LogP contribution >= 0.6 is 0 Å². The summed E-state index contributed by atoms with van der Waals surface area (Å²) in [6.45, 7) is 6.94. The first-order chi connectivity index (χ1) is 9.99. The number of aryl methyl sites for hydroxylation is 2. The predicted molar refractivity (Wildman–Crippen MR) is 83.9 cm³/mol. The average molecular weight is 293 g/mol. The predicted octanol–water partition coefficient (Wildman–Crippen LogP) is 1.43. The summed E-state index contributed by atoms with van der Waals surface area (Å²) in [6, 6.07) is 0.248. The molecule has 7 heteroatoms. The summed E-state index contributed by atoms with van der Waals surface area (Å²) >= 11 is 0. The van der Waals surface area contributed by atoms with E-state index in [1.54, 1.807) is 7.05 Å². The molecule has 0 amide bonds. The molecule has 0 bridgehead atoms. The zero-order chi connectivity index (χ0) is 15.6. The van der Waals surface area contributed by atoms with E-state index in [0.717, 1.165) is 19.3 Å². The van der Waals surface area contributed by atoms with Gasteiger partial charge < -0.3 is 9.88 Å². The van der Waals surface area contributed by atoms with Crippen molar-refractivity contribution in [3.8, 4) is 0 Å². The smallest absolute Gasteiger partial charge is 0.329 e. The van der Waals surface area contributed by atoms with Gasteiger partial charge in [0.05, 0.1) is 0 Å². The van der Waals surface area contributed by atoms with Gasteiger partial charge in [0.25, 0.3) is 5.56 Å². The highest BCUT2D eigenvalue weighted by atomic mass is 16.2. The van der Waals surface area contributed by atoms with Gasteiger partial charge in [-0.2, -0.15) is 4.98 Å². The van der Waals surface area contributed by atoms with Gasteiger partial charge in [-0.3, -0.25) is 14.3 Å². The highest BCUT2D eigenvalue weighted by molar-refractivity contribution is 5.74. The maximum Gasteiger partial charge on any atom is 0.329 e. The van der Waals surface area contributed by atoms with Crippen molar-refractivity contribution in [2.45, 2.75) is 52.6 Å². The molecule has 0 saturated carbocycles.